The summed E-state index contributed by atoms with van der Waals surface area (Å²) in [4.78, 5) is 11.3. The van der Waals surface area contributed by atoms with Gasteiger partial charge in [-0.3, -0.25) is 4.79 Å². The highest BCUT2D eigenvalue weighted by Crippen LogP contribution is 2.25. The van der Waals surface area contributed by atoms with Crippen molar-refractivity contribution < 1.29 is 18.0 Å². The summed E-state index contributed by atoms with van der Waals surface area (Å²) in [6.07, 6.45) is -4.03. The molecule has 0 saturated carbocycles. The van der Waals surface area contributed by atoms with E-state index in [2.05, 4.69) is 0 Å². The Balaban J connectivity index is 2.55. The lowest BCUT2D eigenvalue weighted by Gasteiger charge is -2.38. The first-order valence-corrected chi connectivity index (χ1v) is 3.30. The van der Waals surface area contributed by atoms with Gasteiger partial charge in [-0.25, -0.2) is 0 Å². The first kappa shape index (κ1) is 8.36. The summed E-state index contributed by atoms with van der Waals surface area (Å²) in [6, 6.07) is -0.246. The van der Waals surface area contributed by atoms with Crippen LogP contribution in [0, 0.1) is 0 Å². The molecule has 1 aliphatic heterocycles. The third-order valence-corrected chi connectivity index (χ3v) is 1.82. The molecule has 2 nitrogen and oxygen atoms in total. The van der Waals surface area contributed by atoms with Crippen molar-refractivity contribution in [3.8, 4) is 0 Å². The van der Waals surface area contributed by atoms with E-state index in [1.54, 1.807) is 6.92 Å². The van der Waals surface area contributed by atoms with Gasteiger partial charge in [0.05, 0.1) is 0 Å². The standard InChI is InChI=1S/C6H8F3NO/c1-4-2-3-10(4)5(11)6(7,8)9/h4H,2-3H2,1H3. The predicted octanol–water partition coefficient (Wildman–Crippen LogP) is 1.17. The number of halogens is 3. The summed E-state index contributed by atoms with van der Waals surface area (Å²) in [7, 11) is 0. The Kier molecular flexibility index (Phi) is 1.82. The van der Waals surface area contributed by atoms with Crippen LogP contribution in [0.25, 0.3) is 0 Å². The summed E-state index contributed by atoms with van der Waals surface area (Å²) in [5.41, 5.74) is 0. The monoisotopic (exact) mass is 167 g/mol. The van der Waals surface area contributed by atoms with E-state index in [1.165, 1.54) is 0 Å². The predicted molar refractivity (Wildman–Crippen MR) is 31.8 cm³/mol. The first-order valence-electron chi connectivity index (χ1n) is 3.30. The van der Waals surface area contributed by atoms with Crippen LogP contribution in [-0.2, 0) is 4.79 Å². The van der Waals surface area contributed by atoms with Crippen LogP contribution in [0.1, 0.15) is 13.3 Å². The zero-order chi connectivity index (χ0) is 8.65. The van der Waals surface area contributed by atoms with Gasteiger partial charge in [0.1, 0.15) is 0 Å². The van der Waals surface area contributed by atoms with E-state index < -0.39 is 12.1 Å². The SMILES string of the molecule is CC1CCN1C(=O)C(F)(F)F. The van der Waals surface area contributed by atoms with E-state index in [0.29, 0.717) is 6.42 Å². The quantitative estimate of drug-likeness (QED) is 0.530. The molecule has 0 radical (unpaired) electrons. The van der Waals surface area contributed by atoms with Crippen LogP contribution in [0.15, 0.2) is 0 Å². The molecule has 1 aliphatic rings. The largest absolute Gasteiger partial charge is 0.471 e. The molecular formula is C6H8F3NO. The lowest BCUT2D eigenvalue weighted by atomic mass is 10.1. The number of hydrogen-bond donors (Lipinski definition) is 0. The Morgan fingerprint density at radius 3 is 2.18 bits per heavy atom. The molecule has 0 aromatic carbocycles. The summed E-state index contributed by atoms with van der Waals surface area (Å²) in [5, 5.41) is 0. The molecule has 1 atom stereocenters. The van der Waals surface area contributed by atoms with Crippen LogP contribution in [0.3, 0.4) is 0 Å². The van der Waals surface area contributed by atoms with Gasteiger partial charge < -0.3 is 4.90 Å². The summed E-state index contributed by atoms with van der Waals surface area (Å²) in [5.74, 6) is -1.71. The van der Waals surface area contributed by atoms with Gasteiger partial charge in [0.2, 0.25) is 0 Å². The molecule has 1 fully saturated rings. The minimum Gasteiger partial charge on any atom is -0.332 e. The Bertz CT molecular complexity index is 177. The summed E-state index contributed by atoms with van der Waals surface area (Å²) >= 11 is 0. The van der Waals surface area contributed by atoms with E-state index >= 15 is 0 Å². The van der Waals surface area contributed by atoms with Crippen molar-refractivity contribution in [3.05, 3.63) is 0 Å². The molecule has 1 rings (SSSR count). The van der Waals surface area contributed by atoms with Gasteiger partial charge >= 0.3 is 12.1 Å². The normalized spacial score (nSPS) is 24.7. The molecule has 0 aromatic heterocycles. The van der Waals surface area contributed by atoms with Crippen LogP contribution in [0.5, 0.6) is 0 Å². The van der Waals surface area contributed by atoms with Gasteiger partial charge in [0.25, 0.3) is 0 Å². The third kappa shape index (κ3) is 1.46. The van der Waals surface area contributed by atoms with Crippen LogP contribution >= 0.6 is 0 Å². The van der Waals surface area contributed by atoms with Crippen LogP contribution in [0.2, 0.25) is 0 Å². The Morgan fingerprint density at radius 2 is 2.09 bits per heavy atom. The third-order valence-electron chi connectivity index (χ3n) is 1.82. The number of rotatable bonds is 0. The number of hydrogen-bond acceptors (Lipinski definition) is 1. The van der Waals surface area contributed by atoms with E-state index in [0.717, 1.165) is 4.90 Å². The molecule has 1 saturated heterocycles. The fourth-order valence-corrected chi connectivity index (χ4v) is 0.981. The van der Waals surface area contributed by atoms with Crippen LogP contribution in [0.4, 0.5) is 13.2 Å². The fourth-order valence-electron chi connectivity index (χ4n) is 0.981. The molecule has 1 amide bonds. The number of carbonyl (C=O) groups excluding carboxylic acids is 1. The second-order valence-corrected chi connectivity index (χ2v) is 2.63. The molecule has 1 unspecified atom stereocenters. The molecule has 0 aromatic rings. The van der Waals surface area contributed by atoms with Crippen molar-refractivity contribution in [2.75, 3.05) is 6.54 Å². The second kappa shape index (κ2) is 2.39. The zero-order valence-corrected chi connectivity index (χ0v) is 5.98. The minimum absolute atomic E-state index is 0.236. The van der Waals surface area contributed by atoms with E-state index in [4.69, 9.17) is 0 Å². The van der Waals surface area contributed by atoms with Crippen molar-refractivity contribution in [2.24, 2.45) is 0 Å². The topological polar surface area (TPSA) is 20.3 Å². The molecule has 64 valence electrons. The average molecular weight is 167 g/mol. The molecule has 0 spiro atoms. The van der Waals surface area contributed by atoms with Gasteiger partial charge in [-0.2, -0.15) is 13.2 Å². The van der Waals surface area contributed by atoms with Gasteiger partial charge in [-0.05, 0) is 13.3 Å². The maximum atomic E-state index is 11.7. The van der Waals surface area contributed by atoms with E-state index in [9.17, 15) is 18.0 Å². The Morgan fingerprint density at radius 1 is 1.55 bits per heavy atom. The van der Waals surface area contributed by atoms with Crippen molar-refractivity contribution in [1.82, 2.24) is 4.90 Å². The number of nitrogens with zero attached hydrogens (tertiary/aromatic N) is 1. The average Bonchev–Trinajstić information content (AvgIpc) is 1.83. The molecule has 0 aliphatic carbocycles. The summed E-state index contributed by atoms with van der Waals surface area (Å²) < 4.78 is 35.1. The highest BCUT2D eigenvalue weighted by molar-refractivity contribution is 5.82. The molecule has 11 heavy (non-hydrogen) atoms. The van der Waals surface area contributed by atoms with Crippen molar-refractivity contribution >= 4 is 5.91 Å². The van der Waals surface area contributed by atoms with Crippen LogP contribution < -0.4 is 0 Å². The van der Waals surface area contributed by atoms with Crippen molar-refractivity contribution in [3.63, 3.8) is 0 Å². The smallest absolute Gasteiger partial charge is 0.332 e. The maximum Gasteiger partial charge on any atom is 0.471 e. The van der Waals surface area contributed by atoms with Crippen molar-refractivity contribution in [1.29, 1.82) is 0 Å². The van der Waals surface area contributed by atoms with E-state index in [1.807, 2.05) is 0 Å². The Hall–Kier alpha value is -0.740. The lowest BCUT2D eigenvalue weighted by molar-refractivity contribution is -0.192. The van der Waals surface area contributed by atoms with Gasteiger partial charge in [-0.1, -0.05) is 0 Å². The zero-order valence-electron chi connectivity index (χ0n) is 5.98. The molecular weight excluding hydrogens is 159 g/mol. The fraction of sp³-hybridized carbons (Fsp3) is 0.833. The number of carbonyl (C=O) groups is 1. The Labute approximate surface area is 62.0 Å². The van der Waals surface area contributed by atoms with E-state index in [-0.39, 0.29) is 12.6 Å². The van der Waals surface area contributed by atoms with Gasteiger partial charge in [0.15, 0.2) is 0 Å². The van der Waals surface area contributed by atoms with Crippen molar-refractivity contribution in [2.45, 2.75) is 25.6 Å². The van der Waals surface area contributed by atoms with Gasteiger partial charge in [0, 0.05) is 12.6 Å². The lowest BCUT2D eigenvalue weighted by Crippen LogP contribution is -2.54. The maximum absolute atomic E-state index is 11.7. The van der Waals surface area contributed by atoms with Crippen LogP contribution in [-0.4, -0.2) is 29.6 Å². The first-order chi connectivity index (χ1) is 4.93. The second-order valence-electron chi connectivity index (χ2n) is 2.63. The number of likely N-dealkylation sites (tertiary alicyclic amines) is 1. The summed E-state index contributed by atoms with van der Waals surface area (Å²) in [6.45, 7) is 1.84. The number of amides is 1. The molecule has 5 heteroatoms. The highest BCUT2D eigenvalue weighted by atomic mass is 19.4. The minimum atomic E-state index is -4.70. The number of alkyl halides is 3. The van der Waals surface area contributed by atoms with Gasteiger partial charge in [-0.15, -0.1) is 0 Å². The molecule has 0 bridgehead atoms. The molecule has 1 heterocycles. The highest BCUT2D eigenvalue weighted by Gasteiger charge is 2.46. The molecule has 0 N–H and O–H groups in total.